The molecule has 1 amide bonds. The molecule has 2 aromatic carbocycles. The molecule has 0 spiro atoms. The van der Waals surface area contributed by atoms with Gasteiger partial charge in [-0.05, 0) is 30.7 Å². The highest BCUT2D eigenvalue weighted by molar-refractivity contribution is 5.95. The van der Waals surface area contributed by atoms with Gasteiger partial charge in [0.2, 0.25) is 0 Å². The van der Waals surface area contributed by atoms with Gasteiger partial charge >= 0.3 is 0 Å². The number of nitrogens with zero attached hydrogens (tertiary/aromatic N) is 3. The number of nitrogens with one attached hydrogen (secondary N) is 2. The number of imidazole rings is 1. The summed E-state index contributed by atoms with van der Waals surface area (Å²) in [6, 6.07) is 12.2. The predicted octanol–water partition coefficient (Wildman–Crippen LogP) is 2.81. The second-order valence-corrected chi connectivity index (χ2v) is 5.78. The fourth-order valence-corrected chi connectivity index (χ4v) is 2.78. The summed E-state index contributed by atoms with van der Waals surface area (Å²) in [5, 5.41) is 16.6. The van der Waals surface area contributed by atoms with Crippen LogP contribution in [0, 0.1) is 10.1 Å². The third kappa shape index (κ3) is 3.64. The summed E-state index contributed by atoms with van der Waals surface area (Å²) >= 11 is 0. The molecule has 0 radical (unpaired) electrons. The molecule has 26 heavy (non-hydrogen) atoms. The van der Waals surface area contributed by atoms with Crippen molar-refractivity contribution in [2.45, 2.75) is 13.0 Å². The molecule has 0 saturated carbocycles. The first kappa shape index (κ1) is 17.4. The van der Waals surface area contributed by atoms with E-state index in [1.165, 1.54) is 12.1 Å². The minimum Gasteiger partial charge on any atom is -0.383 e. The van der Waals surface area contributed by atoms with Crippen molar-refractivity contribution in [3.8, 4) is 0 Å². The van der Waals surface area contributed by atoms with Crippen LogP contribution in [0.5, 0.6) is 0 Å². The average Bonchev–Trinajstić information content (AvgIpc) is 3.07. The van der Waals surface area contributed by atoms with Crippen LogP contribution in [0.2, 0.25) is 0 Å². The number of aromatic nitrogens is 2. The van der Waals surface area contributed by atoms with E-state index in [4.69, 9.17) is 0 Å². The van der Waals surface area contributed by atoms with Gasteiger partial charge in [0, 0.05) is 31.8 Å². The summed E-state index contributed by atoms with van der Waals surface area (Å²) in [7, 11) is 1.60. The molecule has 0 unspecified atom stereocenters. The van der Waals surface area contributed by atoms with Gasteiger partial charge in [-0.3, -0.25) is 14.9 Å². The maximum absolute atomic E-state index is 12.2. The first-order chi connectivity index (χ1) is 12.6. The molecule has 0 aliphatic carbocycles. The van der Waals surface area contributed by atoms with Gasteiger partial charge in [-0.1, -0.05) is 12.1 Å². The van der Waals surface area contributed by atoms with E-state index in [2.05, 4.69) is 15.6 Å². The number of para-hydroxylation sites is 2. The zero-order chi connectivity index (χ0) is 18.5. The fourth-order valence-electron chi connectivity index (χ4n) is 2.78. The van der Waals surface area contributed by atoms with Crippen LogP contribution in [0.25, 0.3) is 11.0 Å². The molecular weight excluding hydrogens is 334 g/mol. The number of rotatable bonds is 7. The maximum Gasteiger partial charge on any atom is 0.293 e. The second kappa shape index (κ2) is 7.64. The Morgan fingerprint density at radius 2 is 2.08 bits per heavy atom. The van der Waals surface area contributed by atoms with Crippen molar-refractivity contribution in [3.63, 3.8) is 0 Å². The standard InChI is InChI=1S/C18H19N5O3/c1-19-14-8-7-13(11-17(14)23(25)26)18(24)20-9-4-10-22-12-21-15-5-2-3-6-16(15)22/h2-3,5-8,11-12,19H,4,9-10H2,1H3,(H,20,24). The minimum absolute atomic E-state index is 0.120. The van der Waals surface area contributed by atoms with Crippen molar-refractivity contribution in [1.82, 2.24) is 14.9 Å². The number of anilines is 1. The molecule has 0 bridgehead atoms. The monoisotopic (exact) mass is 353 g/mol. The minimum atomic E-state index is -0.507. The molecule has 1 heterocycles. The Morgan fingerprint density at radius 1 is 1.27 bits per heavy atom. The summed E-state index contributed by atoms with van der Waals surface area (Å²) < 4.78 is 2.04. The zero-order valence-electron chi connectivity index (χ0n) is 14.3. The molecule has 0 aliphatic rings. The first-order valence-electron chi connectivity index (χ1n) is 8.24. The molecule has 0 atom stereocenters. The van der Waals surface area contributed by atoms with Crippen molar-refractivity contribution >= 4 is 28.3 Å². The number of hydrogen-bond acceptors (Lipinski definition) is 5. The summed E-state index contributed by atoms with van der Waals surface area (Å²) in [6.07, 6.45) is 2.51. The first-order valence-corrected chi connectivity index (χ1v) is 8.24. The quantitative estimate of drug-likeness (QED) is 0.386. The largest absolute Gasteiger partial charge is 0.383 e. The molecule has 0 aliphatic heterocycles. The van der Waals surface area contributed by atoms with Gasteiger partial charge < -0.3 is 15.2 Å². The molecule has 0 fully saturated rings. The molecule has 0 saturated heterocycles. The Kier molecular flexibility index (Phi) is 5.12. The van der Waals surface area contributed by atoms with E-state index in [9.17, 15) is 14.9 Å². The number of carbonyl (C=O) groups is 1. The van der Waals surface area contributed by atoms with Crippen molar-refractivity contribution in [2.24, 2.45) is 0 Å². The maximum atomic E-state index is 12.2. The van der Waals surface area contributed by atoms with Crippen LogP contribution in [-0.2, 0) is 6.54 Å². The lowest BCUT2D eigenvalue weighted by molar-refractivity contribution is -0.384. The lowest BCUT2D eigenvalue weighted by atomic mass is 10.1. The number of nitro groups is 1. The molecule has 3 rings (SSSR count). The SMILES string of the molecule is CNc1ccc(C(=O)NCCCn2cnc3ccccc32)cc1[N+](=O)[O-]. The molecule has 8 nitrogen and oxygen atoms in total. The van der Waals surface area contributed by atoms with Gasteiger partial charge in [-0.25, -0.2) is 4.98 Å². The van der Waals surface area contributed by atoms with Crippen molar-refractivity contribution in [2.75, 3.05) is 18.9 Å². The number of nitro benzene ring substituents is 1. The summed E-state index contributed by atoms with van der Waals surface area (Å²) in [5.41, 5.74) is 2.51. The number of benzene rings is 2. The van der Waals surface area contributed by atoms with E-state index >= 15 is 0 Å². The zero-order valence-corrected chi connectivity index (χ0v) is 14.3. The molecule has 134 valence electrons. The molecule has 3 aromatic rings. The highest BCUT2D eigenvalue weighted by Crippen LogP contribution is 2.24. The van der Waals surface area contributed by atoms with Crippen LogP contribution >= 0.6 is 0 Å². The van der Waals surface area contributed by atoms with Crippen molar-refractivity contribution in [1.29, 1.82) is 0 Å². The number of amides is 1. The molecular formula is C18H19N5O3. The number of aryl methyl sites for hydroxylation is 1. The summed E-state index contributed by atoms with van der Waals surface area (Å²) in [6.45, 7) is 1.19. The van der Waals surface area contributed by atoms with Gasteiger partial charge in [0.1, 0.15) is 5.69 Å². The van der Waals surface area contributed by atoms with E-state index in [1.807, 2.05) is 28.8 Å². The van der Waals surface area contributed by atoms with Gasteiger partial charge in [0.05, 0.1) is 22.3 Å². The number of hydrogen-bond donors (Lipinski definition) is 2. The molecule has 8 heteroatoms. The Hall–Kier alpha value is -3.42. The van der Waals surface area contributed by atoms with Crippen LogP contribution in [0.3, 0.4) is 0 Å². The van der Waals surface area contributed by atoms with Crippen LogP contribution in [0.4, 0.5) is 11.4 Å². The summed E-state index contributed by atoms with van der Waals surface area (Å²) in [5.74, 6) is -0.328. The van der Waals surface area contributed by atoms with Gasteiger partial charge in [0.15, 0.2) is 0 Å². The Labute approximate surface area is 150 Å². The van der Waals surface area contributed by atoms with Gasteiger partial charge in [-0.2, -0.15) is 0 Å². The third-order valence-corrected chi connectivity index (χ3v) is 4.11. The Bertz CT molecular complexity index is 951. The van der Waals surface area contributed by atoms with Gasteiger partial charge in [-0.15, -0.1) is 0 Å². The third-order valence-electron chi connectivity index (χ3n) is 4.11. The number of fused-ring (bicyclic) bond motifs is 1. The smallest absolute Gasteiger partial charge is 0.293 e. The topological polar surface area (TPSA) is 102 Å². The van der Waals surface area contributed by atoms with Gasteiger partial charge in [0.25, 0.3) is 11.6 Å². The fraction of sp³-hybridized carbons (Fsp3) is 0.222. The lowest BCUT2D eigenvalue weighted by Crippen LogP contribution is -2.25. The van der Waals surface area contributed by atoms with E-state index < -0.39 is 4.92 Å². The van der Waals surface area contributed by atoms with Crippen LogP contribution in [-0.4, -0.2) is 34.0 Å². The predicted molar refractivity (Wildman–Crippen MR) is 99.3 cm³/mol. The van der Waals surface area contributed by atoms with E-state index in [-0.39, 0.29) is 17.2 Å². The van der Waals surface area contributed by atoms with Crippen LogP contribution in [0.1, 0.15) is 16.8 Å². The van der Waals surface area contributed by atoms with Crippen molar-refractivity contribution < 1.29 is 9.72 Å². The normalized spacial score (nSPS) is 10.7. The van der Waals surface area contributed by atoms with Crippen molar-refractivity contribution in [3.05, 3.63) is 64.5 Å². The molecule has 1 aromatic heterocycles. The highest BCUT2D eigenvalue weighted by atomic mass is 16.6. The van der Waals surface area contributed by atoms with Crippen LogP contribution in [0.15, 0.2) is 48.8 Å². The lowest BCUT2D eigenvalue weighted by Gasteiger charge is -2.08. The Morgan fingerprint density at radius 3 is 2.85 bits per heavy atom. The number of carbonyl (C=O) groups excluding carboxylic acids is 1. The van der Waals surface area contributed by atoms with E-state index in [1.54, 1.807) is 19.4 Å². The van der Waals surface area contributed by atoms with E-state index in [0.717, 1.165) is 24.0 Å². The van der Waals surface area contributed by atoms with Crippen LogP contribution < -0.4 is 10.6 Å². The summed E-state index contributed by atoms with van der Waals surface area (Å²) in [4.78, 5) is 27.1. The van der Waals surface area contributed by atoms with E-state index in [0.29, 0.717) is 12.2 Å². The Balaban J connectivity index is 1.57. The highest BCUT2D eigenvalue weighted by Gasteiger charge is 2.16. The molecule has 2 N–H and O–H groups in total. The average molecular weight is 353 g/mol. The second-order valence-electron chi connectivity index (χ2n) is 5.78.